The number of fused-ring (bicyclic) bond motifs is 1. The second-order valence-electron chi connectivity index (χ2n) is 13.7. The Balaban J connectivity index is 0.000000520. The number of alkyl halides is 1. The van der Waals surface area contributed by atoms with Gasteiger partial charge in [-0.05, 0) is 75.6 Å². The molecule has 5 rings (SSSR count). The number of esters is 1. The molecule has 0 aliphatic carbocycles. The van der Waals surface area contributed by atoms with E-state index in [9.17, 15) is 9.90 Å². The van der Waals surface area contributed by atoms with Crippen molar-refractivity contribution in [2.45, 2.75) is 83.9 Å². The Kier molecular flexibility index (Phi) is 12.9. The summed E-state index contributed by atoms with van der Waals surface area (Å²) in [7, 11) is 0. The standard InChI is InChI=1S/C33H40N2O4S.C8H9Cl/c1-8-38-29-17-14-24(20-34-29)23-12-10-22(11-13-23)21-35-27-16-15-25(36)18-26(27)30(40-32(3,4)5)28(35)19-33(6,7)31(37)39-9-2;1-7-2-4-8(6-9)5-3-7/h10-18,20,36H,8-9,19,21H2,1-7H3;2-5H,6H2,1H3. The summed E-state index contributed by atoms with van der Waals surface area (Å²) in [6.45, 7) is 17.8. The molecule has 5 aromatic rings. The Hall–Kier alpha value is -3.94. The van der Waals surface area contributed by atoms with Gasteiger partial charge in [0.2, 0.25) is 5.88 Å². The van der Waals surface area contributed by atoms with Gasteiger partial charge in [-0.1, -0.05) is 74.9 Å². The van der Waals surface area contributed by atoms with E-state index in [0.717, 1.165) is 38.2 Å². The van der Waals surface area contributed by atoms with Gasteiger partial charge in [0.05, 0.1) is 18.6 Å². The van der Waals surface area contributed by atoms with Gasteiger partial charge in [-0.2, -0.15) is 0 Å². The average Bonchev–Trinajstić information content (AvgIpc) is 3.31. The topological polar surface area (TPSA) is 73.6 Å². The molecule has 260 valence electrons. The number of phenolic OH excluding ortho intramolecular Hbond substituents is 1. The number of aryl methyl sites for hydroxylation is 1. The summed E-state index contributed by atoms with van der Waals surface area (Å²) in [4.78, 5) is 18.4. The van der Waals surface area contributed by atoms with Crippen molar-refractivity contribution in [3.8, 4) is 22.8 Å². The summed E-state index contributed by atoms with van der Waals surface area (Å²) in [5, 5.41) is 11.4. The highest BCUT2D eigenvalue weighted by atomic mass is 35.5. The van der Waals surface area contributed by atoms with E-state index in [1.54, 1.807) is 17.8 Å². The monoisotopic (exact) mass is 700 g/mol. The van der Waals surface area contributed by atoms with Gasteiger partial charge in [0.1, 0.15) is 5.75 Å². The maximum absolute atomic E-state index is 12.9. The van der Waals surface area contributed by atoms with Crippen molar-refractivity contribution >= 4 is 40.2 Å². The van der Waals surface area contributed by atoms with Crippen molar-refractivity contribution < 1.29 is 19.4 Å². The van der Waals surface area contributed by atoms with Gasteiger partial charge in [0, 0.05) is 62.9 Å². The van der Waals surface area contributed by atoms with Crippen molar-refractivity contribution in [3.05, 3.63) is 107 Å². The molecule has 0 spiro atoms. The van der Waals surface area contributed by atoms with E-state index in [1.807, 2.05) is 70.3 Å². The molecule has 0 atom stereocenters. The number of rotatable bonds is 11. The van der Waals surface area contributed by atoms with Gasteiger partial charge in [0.15, 0.2) is 0 Å². The number of aromatic hydroxyl groups is 1. The van der Waals surface area contributed by atoms with Gasteiger partial charge in [-0.25, -0.2) is 4.98 Å². The zero-order valence-electron chi connectivity index (χ0n) is 30.0. The van der Waals surface area contributed by atoms with Gasteiger partial charge >= 0.3 is 5.97 Å². The van der Waals surface area contributed by atoms with Crippen LogP contribution in [0.1, 0.15) is 70.9 Å². The number of hydrogen-bond donors (Lipinski definition) is 1. The number of carbonyl (C=O) groups is 1. The van der Waals surface area contributed by atoms with Crippen molar-refractivity contribution in [2.24, 2.45) is 5.41 Å². The third-order valence-electron chi connectivity index (χ3n) is 7.88. The number of carbonyl (C=O) groups excluding carboxylic acids is 1. The van der Waals surface area contributed by atoms with E-state index in [1.165, 1.54) is 11.1 Å². The Morgan fingerprint density at radius 2 is 1.53 bits per heavy atom. The molecule has 0 fully saturated rings. The second-order valence-corrected chi connectivity index (χ2v) is 15.8. The average molecular weight is 701 g/mol. The van der Waals surface area contributed by atoms with Crippen LogP contribution in [0.25, 0.3) is 22.0 Å². The summed E-state index contributed by atoms with van der Waals surface area (Å²) >= 11 is 7.34. The number of phenols is 1. The largest absolute Gasteiger partial charge is 0.508 e. The number of halogens is 1. The van der Waals surface area contributed by atoms with Crippen LogP contribution in [0, 0.1) is 12.3 Å². The minimum atomic E-state index is -0.720. The molecule has 3 aromatic carbocycles. The molecule has 2 aromatic heterocycles. The smallest absolute Gasteiger partial charge is 0.311 e. The lowest BCUT2D eigenvalue weighted by Gasteiger charge is -2.26. The number of pyridine rings is 1. The number of aromatic nitrogens is 2. The van der Waals surface area contributed by atoms with E-state index in [2.05, 4.69) is 73.6 Å². The lowest BCUT2D eigenvalue weighted by molar-refractivity contribution is -0.153. The number of ether oxygens (including phenoxy) is 2. The van der Waals surface area contributed by atoms with Crippen LogP contribution in [0.2, 0.25) is 0 Å². The van der Waals surface area contributed by atoms with Crippen LogP contribution in [-0.4, -0.2) is 38.6 Å². The summed E-state index contributed by atoms with van der Waals surface area (Å²) in [5.41, 5.74) is 7.08. The van der Waals surface area contributed by atoms with Crippen LogP contribution in [-0.2, 0) is 28.4 Å². The molecule has 2 heterocycles. The van der Waals surface area contributed by atoms with Crippen LogP contribution >= 0.6 is 23.4 Å². The maximum atomic E-state index is 12.9. The first-order valence-corrected chi connectivity index (χ1v) is 18.1. The number of benzene rings is 3. The van der Waals surface area contributed by atoms with Crippen LogP contribution in [0.4, 0.5) is 0 Å². The predicted molar refractivity (Wildman–Crippen MR) is 204 cm³/mol. The van der Waals surface area contributed by atoms with Gasteiger partial charge < -0.3 is 19.1 Å². The van der Waals surface area contributed by atoms with Crippen LogP contribution in [0.15, 0.2) is 90.0 Å². The SMILES string of the molecule is CCOC(=O)C(C)(C)Cc1c(SC(C)(C)C)c2cc(O)ccc2n1Cc1ccc(-c2ccc(OCC)nc2)cc1.Cc1ccc(CCl)cc1. The lowest BCUT2D eigenvalue weighted by Crippen LogP contribution is -2.30. The van der Waals surface area contributed by atoms with Gasteiger partial charge in [-0.3, -0.25) is 4.79 Å². The summed E-state index contributed by atoms with van der Waals surface area (Å²) in [6.07, 6.45) is 2.34. The fraction of sp³-hybridized carbons (Fsp3) is 0.366. The highest BCUT2D eigenvalue weighted by Crippen LogP contribution is 2.44. The number of thioether (sulfide) groups is 1. The summed E-state index contributed by atoms with van der Waals surface area (Å²) in [6, 6.07) is 26.1. The normalized spacial score (nSPS) is 11.6. The van der Waals surface area contributed by atoms with Gasteiger partial charge in [0.25, 0.3) is 0 Å². The third-order valence-corrected chi connectivity index (χ3v) is 9.46. The molecule has 0 unspecified atom stereocenters. The molecule has 49 heavy (non-hydrogen) atoms. The second kappa shape index (κ2) is 16.6. The highest BCUT2D eigenvalue weighted by Gasteiger charge is 2.34. The first kappa shape index (κ1) is 37.9. The minimum absolute atomic E-state index is 0.0687. The van der Waals surface area contributed by atoms with E-state index >= 15 is 0 Å². The maximum Gasteiger partial charge on any atom is 0.311 e. The molecule has 0 saturated carbocycles. The van der Waals surface area contributed by atoms with E-state index in [-0.39, 0.29) is 16.5 Å². The zero-order chi connectivity index (χ0) is 35.8. The quantitative estimate of drug-likeness (QED) is 0.0840. The van der Waals surface area contributed by atoms with E-state index in [4.69, 9.17) is 21.1 Å². The van der Waals surface area contributed by atoms with Crippen molar-refractivity contribution in [2.75, 3.05) is 13.2 Å². The highest BCUT2D eigenvalue weighted by molar-refractivity contribution is 8.00. The molecule has 0 saturated heterocycles. The van der Waals surface area contributed by atoms with Crippen molar-refractivity contribution in [1.82, 2.24) is 9.55 Å². The van der Waals surface area contributed by atoms with E-state index in [0.29, 0.717) is 37.9 Å². The van der Waals surface area contributed by atoms with Crippen molar-refractivity contribution in [3.63, 3.8) is 0 Å². The molecule has 0 bridgehead atoms. The zero-order valence-corrected chi connectivity index (χ0v) is 31.5. The molecular weight excluding hydrogens is 652 g/mol. The predicted octanol–water partition coefficient (Wildman–Crippen LogP) is 10.6. The third kappa shape index (κ3) is 10.3. The first-order chi connectivity index (χ1) is 23.2. The Labute approximate surface area is 300 Å². The lowest BCUT2D eigenvalue weighted by atomic mass is 9.87. The number of nitrogens with zero attached hydrogens (tertiary/aromatic N) is 2. The summed E-state index contributed by atoms with van der Waals surface area (Å²) < 4.78 is 13.1. The molecule has 0 aliphatic rings. The first-order valence-electron chi connectivity index (χ1n) is 16.7. The Morgan fingerprint density at radius 1 is 0.878 bits per heavy atom. The Bertz CT molecular complexity index is 1820. The fourth-order valence-corrected chi connectivity index (χ4v) is 6.77. The van der Waals surface area contributed by atoms with E-state index < -0.39 is 5.41 Å². The van der Waals surface area contributed by atoms with Crippen LogP contribution in [0.5, 0.6) is 11.6 Å². The summed E-state index contributed by atoms with van der Waals surface area (Å²) in [5.74, 6) is 1.25. The van der Waals surface area contributed by atoms with Crippen LogP contribution in [0.3, 0.4) is 0 Å². The minimum Gasteiger partial charge on any atom is -0.508 e. The Morgan fingerprint density at radius 3 is 2.10 bits per heavy atom. The van der Waals surface area contributed by atoms with Crippen LogP contribution < -0.4 is 4.74 Å². The molecule has 6 nitrogen and oxygen atoms in total. The molecule has 0 radical (unpaired) electrons. The molecule has 0 amide bonds. The number of hydrogen-bond acceptors (Lipinski definition) is 6. The molecular formula is C41H49ClN2O4S. The fourth-order valence-electron chi connectivity index (χ4n) is 5.40. The molecule has 8 heteroatoms. The van der Waals surface area contributed by atoms with Crippen molar-refractivity contribution in [1.29, 1.82) is 0 Å². The molecule has 0 aliphatic heterocycles. The molecule has 1 N–H and O–H groups in total. The van der Waals surface area contributed by atoms with Gasteiger partial charge in [-0.15, -0.1) is 23.4 Å².